The Morgan fingerprint density at radius 3 is 1.62 bits per heavy atom. The largest absolute Gasteiger partial charge is 0.434 e. The lowest BCUT2D eigenvalue weighted by Gasteiger charge is -2.00. The molecular formula is C6H12OSi. The van der Waals surface area contributed by atoms with E-state index >= 15 is 0 Å². The van der Waals surface area contributed by atoms with Crippen LogP contribution >= 0.6 is 0 Å². The highest BCUT2D eigenvalue weighted by atomic mass is 28.3. The van der Waals surface area contributed by atoms with Gasteiger partial charge in [0.1, 0.15) is 0 Å². The summed E-state index contributed by atoms with van der Waals surface area (Å²) >= 11 is 0. The summed E-state index contributed by atoms with van der Waals surface area (Å²) in [6.45, 7) is 0. The van der Waals surface area contributed by atoms with Crippen molar-refractivity contribution in [3.63, 3.8) is 0 Å². The Hall–Kier alpha value is 0.177. The molecule has 8 heavy (non-hydrogen) atoms. The van der Waals surface area contributed by atoms with E-state index in [1.54, 1.807) is 0 Å². The molecule has 0 saturated heterocycles. The van der Waals surface area contributed by atoms with Crippen molar-refractivity contribution >= 4 is 9.04 Å². The van der Waals surface area contributed by atoms with Crippen molar-refractivity contribution in [1.82, 2.24) is 0 Å². The standard InChI is InChI=1S/C6H12OSi/c7-8(5-1-2-5)6-3-4-6/h5-8H,1-4H2. The molecule has 0 heterocycles. The van der Waals surface area contributed by atoms with E-state index in [1.807, 2.05) is 0 Å². The highest BCUT2D eigenvalue weighted by Crippen LogP contribution is 2.50. The highest BCUT2D eigenvalue weighted by molar-refractivity contribution is 6.55. The molecule has 0 atom stereocenters. The molecule has 0 aromatic rings. The van der Waals surface area contributed by atoms with Crippen LogP contribution in [0.3, 0.4) is 0 Å². The average Bonchev–Trinajstić information content (AvgIpc) is 2.63. The Balaban J connectivity index is 1.84. The molecule has 2 aliphatic rings. The van der Waals surface area contributed by atoms with Crippen molar-refractivity contribution in [1.29, 1.82) is 0 Å². The van der Waals surface area contributed by atoms with Gasteiger partial charge in [0.25, 0.3) is 0 Å². The number of rotatable bonds is 2. The molecule has 46 valence electrons. The third kappa shape index (κ3) is 0.824. The maximum Gasteiger partial charge on any atom is 0.178 e. The molecule has 0 amide bonds. The van der Waals surface area contributed by atoms with E-state index in [1.165, 1.54) is 25.7 Å². The second-order valence-electron chi connectivity index (χ2n) is 3.17. The molecule has 1 N–H and O–H groups in total. The summed E-state index contributed by atoms with van der Waals surface area (Å²) in [6, 6.07) is 0. The second kappa shape index (κ2) is 1.58. The van der Waals surface area contributed by atoms with E-state index in [4.69, 9.17) is 0 Å². The lowest BCUT2D eigenvalue weighted by atomic mass is 10.9. The first-order valence-electron chi connectivity index (χ1n) is 3.56. The van der Waals surface area contributed by atoms with E-state index in [0.717, 1.165) is 11.1 Å². The summed E-state index contributed by atoms with van der Waals surface area (Å²) in [5.74, 6) is 0. The summed E-state index contributed by atoms with van der Waals surface area (Å²) in [5, 5.41) is 0. The van der Waals surface area contributed by atoms with Gasteiger partial charge in [-0.05, 0) is 11.1 Å². The highest BCUT2D eigenvalue weighted by Gasteiger charge is 2.41. The normalized spacial score (nSPS) is 29.2. The molecule has 0 aliphatic heterocycles. The van der Waals surface area contributed by atoms with Gasteiger partial charge in [0.05, 0.1) is 0 Å². The quantitative estimate of drug-likeness (QED) is 0.551. The fraction of sp³-hybridized carbons (Fsp3) is 1.00. The van der Waals surface area contributed by atoms with Gasteiger partial charge in [-0.1, -0.05) is 25.7 Å². The van der Waals surface area contributed by atoms with Crippen molar-refractivity contribution in [2.75, 3.05) is 0 Å². The topological polar surface area (TPSA) is 20.2 Å². The van der Waals surface area contributed by atoms with Crippen LogP contribution < -0.4 is 0 Å². The molecule has 2 rings (SSSR count). The fourth-order valence-electron chi connectivity index (χ4n) is 1.26. The third-order valence-electron chi connectivity index (χ3n) is 2.21. The SMILES string of the molecule is O[SiH](C1CC1)C1CC1. The van der Waals surface area contributed by atoms with Crippen LogP contribution in [0.15, 0.2) is 0 Å². The predicted molar refractivity (Wildman–Crippen MR) is 35.3 cm³/mol. The lowest BCUT2D eigenvalue weighted by molar-refractivity contribution is 0.562. The van der Waals surface area contributed by atoms with E-state index in [2.05, 4.69) is 0 Å². The van der Waals surface area contributed by atoms with E-state index in [-0.39, 0.29) is 0 Å². The average molecular weight is 128 g/mol. The van der Waals surface area contributed by atoms with Crippen LogP contribution in [0.5, 0.6) is 0 Å². The molecule has 0 unspecified atom stereocenters. The van der Waals surface area contributed by atoms with Crippen LogP contribution in [-0.2, 0) is 0 Å². The fourth-order valence-corrected chi connectivity index (χ4v) is 3.78. The van der Waals surface area contributed by atoms with Crippen LogP contribution in [0.25, 0.3) is 0 Å². The van der Waals surface area contributed by atoms with Crippen molar-refractivity contribution in [2.45, 2.75) is 36.8 Å². The minimum Gasteiger partial charge on any atom is -0.434 e. The molecule has 2 fully saturated rings. The van der Waals surface area contributed by atoms with Crippen molar-refractivity contribution in [2.24, 2.45) is 0 Å². The smallest absolute Gasteiger partial charge is 0.178 e. The van der Waals surface area contributed by atoms with E-state index in [0.29, 0.717) is 0 Å². The Morgan fingerprint density at radius 2 is 1.38 bits per heavy atom. The first kappa shape index (κ1) is 5.00. The lowest BCUT2D eigenvalue weighted by Crippen LogP contribution is -2.10. The molecule has 2 aliphatic carbocycles. The maximum atomic E-state index is 9.47. The number of hydrogen-bond donors (Lipinski definition) is 1. The molecule has 2 saturated carbocycles. The van der Waals surface area contributed by atoms with Gasteiger partial charge in [0.2, 0.25) is 0 Å². The molecule has 0 aromatic heterocycles. The monoisotopic (exact) mass is 128 g/mol. The summed E-state index contributed by atoms with van der Waals surface area (Å²) in [7, 11) is -1.13. The Kier molecular flexibility index (Phi) is 0.986. The summed E-state index contributed by atoms with van der Waals surface area (Å²) in [5.41, 5.74) is 1.70. The molecule has 0 spiro atoms. The zero-order chi connectivity index (χ0) is 5.56. The van der Waals surface area contributed by atoms with Crippen LogP contribution in [0.1, 0.15) is 25.7 Å². The van der Waals surface area contributed by atoms with Gasteiger partial charge in [0.15, 0.2) is 9.04 Å². The zero-order valence-electron chi connectivity index (χ0n) is 5.01. The minimum atomic E-state index is -1.13. The first-order chi connectivity index (χ1) is 3.88. The molecule has 0 radical (unpaired) electrons. The zero-order valence-corrected chi connectivity index (χ0v) is 6.16. The van der Waals surface area contributed by atoms with Gasteiger partial charge in [-0.25, -0.2) is 0 Å². The Morgan fingerprint density at radius 1 is 1.00 bits per heavy atom. The van der Waals surface area contributed by atoms with Gasteiger partial charge < -0.3 is 4.80 Å². The van der Waals surface area contributed by atoms with Crippen molar-refractivity contribution in [3.05, 3.63) is 0 Å². The van der Waals surface area contributed by atoms with Crippen molar-refractivity contribution < 1.29 is 4.80 Å². The van der Waals surface area contributed by atoms with Gasteiger partial charge in [0, 0.05) is 0 Å². The molecule has 0 bridgehead atoms. The van der Waals surface area contributed by atoms with Gasteiger partial charge >= 0.3 is 0 Å². The Bertz CT molecular complexity index is 84.7. The second-order valence-corrected chi connectivity index (χ2v) is 6.03. The Labute approximate surface area is 51.4 Å². The van der Waals surface area contributed by atoms with Gasteiger partial charge in [-0.3, -0.25) is 0 Å². The third-order valence-corrected chi connectivity index (χ3v) is 5.48. The summed E-state index contributed by atoms with van der Waals surface area (Å²) in [4.78, 5) is 9.47. The van der Waals surface area contributed by atoms with Crippen LogP contribution in [-0.4, -0.2) is 13.8 Å². The van der Waals surface area contributed by atoms with E-state index in [9.17, 15) is 4.80 Å². The van der Waals surface area contributed by atoms with Crippen LogP contribution in [0.2, 0.25) is 11.1 Å². The maximum absolute atomic E-state index is 9.47. The van der Waals surface area contributed by atoms with Gasteiger partial charge in [-0.2, -0.15) is 0 Å². The first-order valence-corrected chi connectivity index (χ1v) is 5.41. The predicted octanol–water partition coefficient (Wildman–Crippen LogP) is 1.03. The molecular weight excluding hydrogens is 116 g/mol. The summed E-state index contributed by atoms with van der Waals surface area (Å²) < 4.78 is 0. The minimum absolute atomic E-state index is 0.850. The number of hydrogen-bond acceptors (Lipinski definition) is 1. The van der Waals surface area contributed by atoms with Crippen molar-refractivity contribution in [3.8, 4) is 0 Å². The van der Waals surface area contributed by atoms with Crippen LogP contribution in [0, 0.1) is 0 Å². The van der Waals surface area contributed by atoms with E-state index < -0.39 is 9.04 Å². The van der Waals surface area contributed by atoms with Crippen LogP contribution in [0.4, 0.5) is 0 Å². The van der Waals surface area contributed by atoms with Gasteiger partial charge in [-0.15, -0.1) is 0 Å². The molecule has 0 aromatic carbocycles. The molecule has 2 heteroatoms. The molecule has 1 nitrogen and oxygen atoms in total. The summed E-state index contributed by atoms with van der Waals surface area (Å²) in [6.07, 6.45) is 5.40.